The van der Waals surface area contributed by atoms with Crippen molar-refractivity contribution in [2.45, 2.75) is 24.5 Å². The zero-order chi connectivity index (χ0) is 16.8. The molecule has 3 rings (SSSR count). The molecule has 0 unspecified atom stereocenters. The van der Waals surface area contributed by atoms with Crippen molar-refractivity contribution in [2.24, 2.45) is 0 Å². The first kappa shape index (κ1) is 16.0. The Bertz CT molecular complexity index is 803. The number of nitrogens with zero attached hydrogens (tertiary/aromatic N) is 4. The topological polar surface area (TPSA) is 177 Å². The second-order valence-corrected chi connectivity index (χ2v) is 6.46. The van der Waals surface area contributed by atoms with Crippen molar-refractivity contribution >= 4 is 24.6 Å². The first-order valence-electron chi connectivity index (χ1n) is 6.47. The summed E-state index contributed by atoms with van der Waals surface area (Å²) in [5.74, 6) is 0.766. The number of imidazole rings is 1. The van der Waals surface area contributed by atoms with E-state index in [2.05, 4.69) is 15.0 Å². The highest BCUT2D eigenvalue weighted by molar-refractivity contribution is 7.55. The van der Waals surface area contributed by atoms with Crippen molar-refractivity contribution in [1.82, 2.24) is 19.5 Å². The van der Waals surface area contributed by atoms with Crippen molar-refractivity contribution in [3.63, 3.8) is 0 Å². The minimum absolute atomic E-state index is 0.153. The molecule has 124 valence electrons. The number of nitrogen functional groups attached to an aromatic ring is 1. The molecule has 2 aromatic heterocycles. The summed E-state index contributed by atoms with van der Waals surface area (Å²) in [6.07, 6.45) is -1.31. The molecule has 0 saturated carbocycles. The quantitative estimate of drug-likeness (QED) is 0.422. The zero-order valence-electron chi connectivity index (χ0n) is 11.5. The van der Waals surface area contributed by atoms with Gasteiger partial charge < -0.3 is 30.5 Å². The first-order chi connectivity index (χ1) is 10.8. The van der Waals surface area contributed by atoms with Gasteiger partial charge in [-0.3, -0.25) is 9.13 Å². The average Bonchev–Trinajstić information content (AvgIpc) is 3.01. The standard InChI is InChI=1S/C11H14N5O6P/c12-9-6-10(14-3-13-9)16(4-15-6)11-8(18)7(17)5(22-11)1-2-23(19,20)21/h1-5,7-8,11,17-18H,(H2,12,13,14)(H2,19,20,21)/b2-1+/t5-,7+,8-,11-/m1/s1. The molecule has 23 heavy (non-hydrogen) atoms. The van der Waals surface area contributed by atoms with Crippen LogP contribution in [0, 0.1) is 0 Å². The van der Waals surface area contributed by atoms with Crippen LogP contribution >= 0.6 is 7.60 Å². The molecule has 12 heteroatoms. The number of hydrogen-bond acceptors (Lipinski definition) is 8. The minimum atomic E-state index is -4.40. The minimum Gasteiger partial charge on any atom is -0.387 e. The molecular weight excluding hydrogens is 329 g/mol. The third-order valence-electron chi connectivity index (χ3n) is 3.41. The van der Waals surface area contributed by atoms with E-state index in [-0.39, 0.29) is 5.82 Å². The maximum absolute atomic E-state index is 10.9. The van der Waals surface area contributed by atoms with Gasteiger partial charge in [0.2, 0.25) is 0 Å². The third kappa shape index (κ3) is 2.98. The number of anilines is 1. The number of ether oxygens (including phenoxy) is 1. The van der Waals surface area contributed by atoms with E-state index in [1.165, 1.54) is 17.2 Å². The Morgan fingerprint density at radius 3 is 2.70 bits per heavy atom. The fourth-order valence-electron chi connectivity index (χ4n) is 2.33. The summed E-state index contributed by atoms with van der Waals surface area (Å²) in [4.78, 5) is 29.5. The fourth-order valence-corrected chi connectivity index (χ4v) is 2.72. The number of nitrogens with two attached hydrogens (primary N) is 1. The summed E-state index contributed by atoms with van der Waals surface area (Å²) < 4.78 is 17.7. The first-order valence-corrected chi connectivity index (χ1v) is 8.15. The lowest BCUT2D eigenvalue weighted by atomic mass is 10.1. The Labute approximate surface area is 129 Å². The van der Waals surface area contributed by atoms with Crippen molar-refractivity contribution in [2.75, 3.05) is 5.73 Å². The fraction of sp³-hybridized carbons (Fsp3) is 0.364. The van der Waals surface area contributed by atoms with Gasteiger partial charge in [0.25, 0.3) is 0 Å². The summed E-state index contributed by atoms with van der Waals surface area (Å²) in [6, 6.07) is 0. The van der Waals surface area contributed by atoms with Gasteiger partial charge in [0.15, 0.2) is 17.7 Å². The maximum atomic E-state index is 10.9. The summed E-state index contributed by atoms with van der Waals surface area (Å²) in [5, 5.41) is 20.1. The molecule has 1 saturated heterocycles. The van der Waals surface area contributed by atoms with Gasteiger partial charge in [-0.05, 0) is 6.08 Å². The normalized spacial score (nSPS) is 28.9. The van der Waals surface area contributed by atoms with Gasteiger partial charge in [0.05, 0.1) is 6.33 Å². The average molecular weight is 343 g/mol. The molecule has 2 aromatic rings. The van der Waals surface area contributed by atoms with E-state index in [9.17, 15) is 14.8 Å². The van der Waals surface area contributed by atoms with Crippen LogP contribution in [0.5, 0.6) is 0 Å². The predicted octanol–water partition coefficient (Wildman–Crippen LogP) is -1.28. The van der Waals surface area contributed by atoms with Gasteiger partial charge in [-0.1, -0.05) is 0 Å². The molecule has 0 radical (unpaired) electrons. The van der Waals surface area contributed by atoms with E-state index in [1.807, 2.05) is 0 Å². The predicted molar refractivity (Wildman–Crippen MR) is 76.8 cm³/mol. The molecular formula is C11H14N5O6P. The molecule has 1 aliphatic rings. The van der Waals surface area contributed by atoms with E-state index in [4.69, 9.17) is 20.3 Å². The van der Waals surface area contributed by atoms with Crippen LogP contribution in [0.2, 0.25) is 0 Å². The Kier molecular flexibility index (Phi) is 3.92. The number of rotatable bonds is 3. The van der Waals surface area contributed by atoms with Crippen LogP contribution in [0.3, 0.4) is 0 Å². The van der Waals surface area contributed by atoms with Crippen LogP contribution in [0.4, 0.5) is 5.82 Å². The van der Waals surface area contributed by atoms with Crippen LogP contribution in [-0.2, 0) is 9.30 Å². The van der Waals surface area contributed by atoms with Gasteiger partial charge >= 0.3 is 7.60 Å². The monoisotopic (exact) mass is 343 g/mol. The van der Waals surface area contributed by atoms with Crippen LogP contribution in [0.15, 0.2) is 24.5 Å². The number of hydrogen-bond donors (Lipinski definition) is 5. The van der Waals surface area contributed by atoms with E-state index in [1.54, 1.807) is 0 Å². The Morgan fingerprint density at radius 2 is 2.00 bits per heavy atom. The van der Waals surface area contributed by atoms with E-state index in [0.29, 0.717) is 17.0 Å². The lowest BCUT2D eigenvalue weighted by molar-refractivity contribution is -0.0244. The second kappa shape index (κ2) is 5.64. The molecule has 1 fully saturated rings. The van der Waals surface area contributed by atoms with Gasteiger partial charge in [-0.25, -0.2) is 15.0 Å². The molecule has 1 aliphatic heterocycles. The molecule has 11 nitrogen and oxygen atoms in total. The second-order valence-electron chi connectivity index (χ2n) is 4.99. The molecule has 4 atom stereocenters. The molecule has 0 bridgehead atoms. The third-order valence-corrected chi connectivity index (χ3v) is 3.97. The SMILES string of the molecule is Nc1ncnc2c1ncn2[C@@H]1O[C@H](/C=C/P(=O)(O)O)[C@H](O)[C@H]1O. The van der Waals surface area contributed by atoms with Gasteiger partial charge in [-0.2, -0.15) is 0 Å². The molecule has 0 amide bonds. The maximum Gasteiger partial charge on any atom is 0.348 e. The Morgan fingerprint density at radius 1 is 1.26 bits per heavy atom. The highest BCUT2D eigenvalue weighted by Crippen LogP contribution is 2.38. The van der Waals surface area contributed by atoms with Gasteiger partial charge in [-0.15, -0.1) is 0 Å². The number of fused-ring (bicyclic) bond motifs is 1. The van der Waals surface area contributed by atoms with Crippen LogP contribution in [0.25, 0.3) is 11.2 Å². The summed E-state index contributed by atoms with van der Waals surface area (Å²) in [5.41, 5.74) is 6.29. The van der Waals surface area contributed by atoms with Crippen molar-refractivity contribution in [3.8, 4) is 0 Å². The van der Waals surface area contributed by atoms with E-state index >= 15 is 0 Å². The summed E-state index contributed by atoms with van der Waals surface area (Å²) in [7, 11) is -4.40. The van der Waals surface area contributed by atoms with Gasteiger partial charge in [0.1, 0.15) is 30.2 Å². The molecule has 0 aromatic carbocycles. The van der Waals surface area contributed by atoms with Crippen molar-refractivity contribution in [3.05, 3.63) is 24.5 Å². The summed E-state index contributed by atoms with van der Waals surface area (Å²) >= 11 is 0. The number of aliphatic hydroxyl groups excluding tert-OH is 2. The largest absolute Gasteiger partial charge is 0.387 e. The smallest absolute Gasteiger partial charge is 0.348 e. The van der Waals surface area contributed by atoms with Crippen LogP contribution < -0.4 is 5.73 Å². The molecule has 6 N–H and O–H groups in total. The highest BCUT2D eigenvalue weighted by Gasteiger charge is 2.43. The van der Waals surface area contributed by atoms with E-state index in [0.717, 1.165) is 6.08 Å². The van der Waals surface area contributed by atoms with E-state index < -0.39 is 32.1 Å². The lowest BCUT2D eigenvalue weighted by Crippen LogP contribution is -2.30. The molecule has 0 aliphatic carbocycles. The molecule has 0 spiro atoms. The van der Waals surface area contributed by atoms with Crippen molar-refractivity contribution in [1.29, 1.82) is 0 Å². The van der Waals surface area contributed by atoms with Gasteiger partial charge in [0, 0.05) is 5.82 Å². The summed E-state index contributed by atoms with van der Waals surface area (Å²) in [6.45, 7) is 0. The Hall–Kier alpha value is -1.88. The number of aromatic nitrogens is 4. The lowest BCUT2D eigenvalue weighted by Gasteiger charge is -2.16. The Balaban J connectivity index is 1.93. The van der Waals surface area contributed by atoms with Crippen LogP contribution in [0.1, 0.15) is 6.23 Å². The molecule has 3 heterocycles. The van der Waals surface area contributed by atoms with Crippen molar-refractivity contribution < 1.29 is 29.3 Å². The zero-order valence-corrected chi connectivity index (χ0v) is 12.4. The number of aliphatic hydroxyl groups is 2. The highest BCUT2D eigenvalue weighted by atomic mass is 31.2. The van der Waals surface area contributed by atoms with Crippen LogP contribution in [-0.4, -0.2) is 57.8 Å².